The number of hydrogen-bond acceptors (Lipinski definition) is 2. The van der Waals surface area contributed by atoms with Gasteiger partial charge in [0.25, 0.3) is 0 Å². The maximum atomic E-state index is 11.0. The molecule has 0 radical (unpaired) electrons. The second-order valence-corrected chi connectivity index (χ2v) is 2.88. The smallest absolute Gasteiger partial charge is 0.314 e. The fraction of sp³-hybridized carbons (Fsp3) is 0.500. The van der Waals surface area contributed by atoms with Gasteiger partial charge in [0, 0.05) is 6.42 Å². The van der Waals surface area contributed by atoms with Crippen LogP contribution in [0.3, 0.4) is 0 Å². The summed E-state index contributed by atoms with van der Waals surface area (Å²) in [6.07, 6.45) is 8.16. The van der Waals surface area contributed by atoms with Crippen molar-refractivity contribution in [3.05, 3.63) is 24.5 Å². The highest BCUT2D eigenvalue weighted by molar-refractivity contribution is 5.72. The predicted octanol–water partition coefficient (Wildman–Crippen LogP) is 2.56. The van der Waals surface area contributed by atoms with Crippen LogP contribution in [0.5, 0.6) is 0 Å². The van der Waals surface area contributed by atoms with E-state index in [-0.39, 0.29) is 5.97 Å². The second kappa shape index (κ2) is 4.75. The quantitative estimate of drug-likeness (QED) is 0.475. The molecule has 0 amide bonds. The van der Waals surface area contributed by atoms with E-state index in [2.05, 4.69) is 6.58 Å². The number of rotatable bonds is 3. The van der Waals surface area contributed by atoms with Gasteiger partial charge < -0.3 is 4.74 Å². The summed E-state index contributed by atoms with van der Waals surface area (Å²) in [7, 11) is 0. The lowest BCUT2D eigenvalue weighted by Gasteiger charge is -2.11. The van der Waals surface area contributed by atoms with Gasteiger partial charge in [-0.1, -0.05) is 6.08 Å². The fourth-order valence-corrected chi connectivity index (χ4v) is 1.21. The van der Waals surface area contributed by atoms with Crippen LogP contribution in [-0.2, 0) is 9.53 Å². The molecule has 2 heteroatoms. The molecule has 1 aliphatic carbocycles. The summed E-state index contributed by atoms with van der Waals surface area (Å²) in [5, 5.41) is 0. The molecular formula is C10H14O2. The number of carbonyl (C=O) groups is 1. The molecule has 0 saturated heterocycles. The Labute approximate surface area is 72.9 Å². The highest BCUT2D eigenvalue weighted by atomic mass is 16.5. The van der Waals surface area contributed by atoms with Crippen LogP contribution in [-0.4, -0.2) is 5.97 Å². The van der Waals surface area contributed by atoms with Crippen molar-refractivity contribution in [2.24, 2.45) is 0 Å². The maximum absolute atomic E-state index is 11.0. The lowest BCUT2D eigenvalue weighted by Crippen LogP contribution is -2.04. The van der Waals surface area contributed by atoms with Crippen molar-refractivity contribution in [3.63, 3.8) is 0 Å². The molecule has 0 aromatic heterocycles. The van der Waals surface area contributed by atoms with E-state index in [9.17, 15) is 4.79 Å². The molecule has 0 atom stereocenters. The zero-order chi connectivity index (χ0) is 8.81. The zero-order valence-corrected chi connectivity index (χ0v) is 7.21. The van der Waals surface area contributed by atoms with Crippen molar-refractivity contribution >= 4 is 5.97 Å². The number of hydrogen-bond donors (Lipinski definition) is 0. The van der Waals surface area contributed by atoms with Crippen molar-refractivity contribution in [2.75, 3.05) is 0 Å². The van der Waals surface area contributed by atoms with Crippen molar-refractivity contribution in [3.8, 4) is 0 Å². The minimum Gasteiger partial charge on any atom is -0.431 e. The predicted molar refractivity (Wildman–Crippen MR) is 47.5 cm³/mol. The second-order valence-electron chi connectivity index (χ2n) is 2.88. The van der Waals surface area contributed by atoms with Crippen molar-refractivity contribution in [1.82, 2.24) is 0 Å². The SMILES string of the molecule is C=CCC(=O)OC1=CCCCC1. The highest BCUT2D eigenvalue weighted by Gasteiger charge is 2.08. The Kier molecular flexibility index (Phi) is 3.58. The molecule has 0 bridgehead atoms. The van der Waals surface area contributed by atoms with Crippen LogP contribution >= 0.6 is 0 Å². The summed E-state index contributed by atoms with van der Waals surface area (Å²) in [4.78, 5) is 11.0. The third kappa shape index (κ3) is 2.91. The summed E-state index contributed by atoms with van der Waals surface area (Å²) in [6, 6.07) is 0. The lowest BCUT2D eigenvalue weighted by atomic mass is 10.1. The summed E-state index contributed by atoms with van der Waals surface area (Å²) < 4.78 is 5.08. The molecule has 1 rings (SSSR count). The van der Waals surface area contributed by atoms with E-state index < -0.39 is 0 Å². The van der Waals surface area contributed by atoms with Crippen LogP contribution in [0.25, 0.3) is 0 Å². The van der Waals surface area contributed by atoms with E-state index in [1.54, 1.807) is 6.08 Å². The Balaban J connectivity index is 2.33. The first-order valence-electron chi connectivity index (χ1n) is 4.33. The van der Waals surface area contributed by atoms with Crippen LogP contribution in [0.4, 0.5) is 0 Å². The summed E-state index contributed by atoms with van der Waals surface area (Å²) in [5.74, 6) is 0.645. The molecule has 0 fully saturated rings. The summed E-state index contributed by atoms with van der Waals surface area (Å²) in [6.45, 7) is 3.47. The molecule has 1 aliphatic rings. The van der Waals surface area contributed by atoms with Gasteiger partial charge in [-0.3, -0.25) is 4.79 Å². The summed E-state index contributed by atoms with van der Waals surface area (Å²) in [5.41, 5.74) is 0. The molecule has 0 heterocycles. The molecule has 0 spiro atoms. The van der Waals surface area contributed by atoms with Gasteiger partial charge in [0.2, 0.25) is 0 Å². The van der Waals surface area contributed by atoms with Gasteiger partial charge in [-0.25, -0.2) is 0 Å². The monoisotopic (exact) mass is 166 g/mol. The number of allylic oxidation sites excluding steroid dienone is 2. The molecule has 0 unspecified atom stereocenters. The van der Waals surface area contributed by atoms with E-state index in [0.717, 1.165) is 25.0 Å². The van der Waals surface area contributed by atoms with Gasteiger partial charge in [0.1, 0.15) is 5.76 Å². The average Bonchev–Trinajstić information content (AvgIpc) is 2.06. The Hall–Kier alpha value is -1.05. The van der Waals surface area contributed by atoms with Gasteiger partial charge in [-0.2, -0.15) is 0 Å². The van der Waals surface area contributed by atoms with Crippen molar-refractivity contribution < 1.29 is 9.53 Å². The summed E-state index contributed by atoms with van der Waals surface area (Å²) >= 11 is 0. The van der Waals surface area contributed by atoms with E-state index in [0.29, 0.717) is 6.42 Å². The Bertz CT molecular complexity index is 204. The maximum Gasteiger partial charge on any atom is 0.314 e. The Morgan fingerprint density at radius 2 is 2.50 bits per heavy atom. The average molecular weight is 166 g/mol. The molecule has 0 aromatic rings. The zero-order valence-electron chi connectivity index (χ0n) is 7.21. The number of carbonyl (C=O) groups excluding carboxylic acids is 1. The fourth-order valence-electron chi connectivity index (χ4n) is 1.21. The Morgan fingerprint density at radius 1 is 1.67 bits per heavy atom. The Morgan fingerprint density at radius 3 is 3.08 bits per heavy atom. The van der Waals surface area contributed by atoms with Crippen LogP contribution in [0.1, 0.15) is 32.1 Å². The normalized spacial score (nSPS) is 16.5. The van der Waals surface area contributed by atoms with Gasteiger partial charge in [0.05, 0.1) is 6.42 Å². The largest absolute Gasteiger partial charge is 0.431 e. The van der Waals surface area contributed by atoms with Crippen molar-refractivity contribution in [1.29, 1.82) is 0 Å². The third-order valence-corrected chi connectivity index (χ3v) is 1.81. The standard InChI is InChI=1S/C10H14O2/c1-2-6-10(11)12-9-7-4-3-5-8-9/h2,7H,1,3-6,8H2. The van der Waals surface area contributed by atoms with Crippen LogP contribution in [0.15, 0.2) is 24.5 Å². The van der Waals surface area contributed by atoms with Crippen LogP contribution in [0, 0.1) is 0 Å². The van der Waals surface area contributed by atoms with Gasteiger partial charge in [-0.15, -0.1) is 6.58 Å². The topological polar surface area (TPSA) is 26.3 Å². The molecule has 0 N–H and O–H groups in total. The van der Waals surface area contributed by atoms with Crippen LogP contribution < -0.4 is 0 Å². The van der Waals surface area contributed by atoms with Gasteiger partial charge in [0.15, 0.2) is 0 Å². The van der Waals surface area contributed by atoms with Gasteiger partial charge in [-0.05, 0) is 25.3 Å². The first-order chi connectivity index (χ1) is 5.83. The molecule has 0 saturated carbocycles. The molecular weight excluding hydrogens is 152 g/mol. The number of ether oxygens (including phenoxy) is 1. The minimum atomic E-state index is -0.196. The molecule has 2 nitrogen and oxygen atoms in total. The highest BCUT2D eigenvalue weighted by Crippen LogP contribution is 2.18. The molecule has 66 valence electrons. The van der Waals surface area contributed by atoms with Crippen LogP contribution in [0.2, 0.25) is 0 Å². The minimum absolute atomic E-state index is 0.196. The van der Waals surface area contributed by atoms with Crippen molar-refractivity contribution in [2.45, 2.75) is 32.1 Å². The molecule has 12 heavy (non-hydrogen) atoms. The molecule has 0 aromatic carbocycles. The van der Waals surface area contributed by atoms with E-state index in [1.807, 2.05) is 6.08 Å². The number of esters is 1. The lowest BCUT2D eigenvalue weighted by molar-refractivity contribution is -0.138. The molecule has 0 aliphatic heterocycles. The first-order valence-corrected chi connectivity index (χ1v) is 4.33. The third-order valence-electron chi connectivity index (χ3n) is 1.81. The van der Waals surface area contributed by atoms with E-state index in [1.165, 1.54) is 6.42 Å². The van der Waals surface area contributed by atoms with Gasteiger partial charge >= 0.3 is 5.97 Å². The van der Waals surface area contributed by atoms with E-state index >= 15 is 0 Å². The first kappa shape index (κ1) is 9.04. The van der Waals surface area contributed by atoms with E-state index in [4.69, 9.17) is 4.74 Å².